The Morgan fingerprint density at radius 1 is 1.35 bits per heavy atom. The van der Waals surface area contributed by atoms with Gasteiger partial charge in [0.15, 0.2) is 6.10 Å². The first-order chi connectivity index (χ1) is 9.61. The predicted molar refractivity (Wildman–Crippen MR) is 82.3 cm³/mol. The molecule has 0 N–H and O–H groups in total. The van der Waals surface area contributed by atoms with Crippen LogP contribution in [0.4, 0.5) is 0 Å². The molecule has 1 aliphatic rings. The Morgan fingerprint density at radius 2 is 2.15 bits per heavy atom. The highest BCUT2D eigenvalue weighted by Crippen LogP contribution is 2.33. The normalized spacial score (nSPS) is 17.1. The van der Waals surface area contributed by atoms with E-state index in [0.29, 0.717) is 6.42 Å². The number of nitrogens with zero attached hydrogens (tertiary/aromatic N) is 1. The molecule has 5 heteroatoms. The molecule has 0 fully saturated rings. The third kappa shape index (κ3) is 3.60. The lowest BCUT2D eigenvalue weighted by molar-refractivity contribution is -0.433. The molecule has 0 spiro atoms. The minimum absolute atomic E-state index is 0.159. The summed E-state index contributed by atoms with van der Waals surface area (Å²) in [6.45, 7) is 2.15. The molecule has 0 amide bonds. The molecule has 1 atom stereocenters. The van der Waals surface area contributed by atoms with Gasteiger partial charge >= 0.3 is 0 Å². The number of ether oxygens (including phenoxy) is 1. The van der Waals surface area contributed by atoms with Gasteiger partial charge in [-0.15, -0.1) is 0 Å². The zero-order chi connectivity index (χ0) is 14.5. The van der Waals surface area contributed by atoms with E-state index in [1.54, 1.807) is 6.08 Å². The average Bonchev–Trinajstić information content (AvgIpc) is 2.42. The first-order valence-corrected chi connectivity index (χ1v) is 7.73. The molecule has 2 rings (SSSR count). The first kappa shape index (κ1) is 15.0. The van der Waals surface area contributed by atoms with Gasteiger partial charge in [0.1, 0.15) is 5.75 Å². The Kier molecular flexibility index (Phi) is 5.17. The van der Waals surface area contributed by atoms with E-state index in [1.165, 1.54) is 0 Å². The van der Waals surface area contributed by atoms with Crippen LogP contribution in [0.5, 0.6) is 5.75 Å². The highest BCUT2D eigenvalue weighted by Gasteiger charge is 2.31. The summed E-state index contributed by atoms with van der Waals surface area (Å²) in [5, 5.41) is 11.2. The maximum absolute atomic E-state index is 11.2. The van der Waals surface area contributed by atoms with E-state index in [2.05, 4.69) is 22.9 Å². The Balaban J connectivity index is 2.14. The lowest BCUT2D eigenvalue weighted by Gasteiger charge is -2.22. The molecule has 108 valence electrons. The van der Waals surface area contributed by atoms with E-state index in [0.717, 1.165) is 41.5 Å². The number of unbranched alkanes of at least 4 members (excludes halogenated alkanes) is 3. The van der Waals surface area contributed by atoms with Crippen molar-refractivity contribution in [3.63, 3.8) is 0 Å². The van der Waals surface area contributed by atoms with Crippen LogP contribution in [0.3, 0.4) is 0 Å². The van der Waals surface area contributed by atoms with Crippen LogP contribution in [-0.2, 0) is 0 Å². The highest BCUT2D eigenvalue weighted by atomic mass is 79.9. The van der Waals surface area contributed by atoms with Crippen LogP contribution in [-0.4, -0.2) is 11.0 Å². The maximum atomic E-state index is 11.2. The fraction of sp³-hybridized carbons (Fsp3) is 0.467. The minimum Gasteiger partial charge on any atom is -0.479 e. The molecule has 1 heterocycles. The molecule has 1 aliphatic heterocycles. The van der Waals surface area contributed by atoms with Crippen molar-refractivity contribution in [1.82, 2.24) is 0 Å². The molecule has 1 aromatic carbocycles. The third-order valence-electron chi connectivity index (χ3n) is 3.41. The van der Waals surface area contributed by atoms with Crippen LogP contribution < -0.4 is 4.74 Å². The third-order valence-corrected chi connectivity index (χ3v) is 3.90. The van der Waals surface area contributed by atoms with Gasteiger partial charge in [-0.25, -0.2) is 0 Å². The van der Waals surface area contributed by atoms with Crippen LogP contribution in [0, 0.1) is 10.1 Å². The van der Waals surface area contributed by atoms with Gasteiger partial charge in [-0.2, -0.15) is 0 Å². The molecule has 0 aliphatic carbocycles. The standard InChI is InChI=1S/C15H18BrNO3/c1-2-3-4-5-6-15-13(17(18)19)10-11-9-12(16)7-8-14(11)20-15/h7-10,15H,2-6H2,1H3. The number of nitro groups is 1. The molecule has 1 unspecified atom stereocenters. The minimum atomic E-state index is -0.435. The summed E-state index contributed by atoms with van der Waals surface area (Å²) in [6.07, 6.45) is 6.25. The Morgan fingerprint density at radius 3 is 2.85 bits per heavy atom. The van der Waals surface area contributed by atoms with Crippen LogP contribution >= 0.6 is 15.9 Å². The predicted octanol–water partition coefficient (Wildman–Crippen LogP) is 4.80. The Bertz CT molecular complexity index is 528. The van der Waals surface area contributed by atoms with E-state index in [1.807, 2.05) is 18.2 Å². The molecular formula is C15H18BrNO3. The van der Waals surface area contributed by atoms with E-state index < -0.39 is 6.10 Å². The number of halogens is 1. The SMILES string of the molecule is CCCCCCC1Oc2ccc(Br)cc2C=C1[N+](=O)[O-]. The molecule has 0 aromatic heterocycles. The largest absolute Gasteiger partial charge is 0.479 e. The van der Waals surface area contributed by atoms with Crippen molar-refractivity contribution >= 4 is 22.0 Å². The molecule has 0 bridgehead atoms. The monoisotopic (exact) mass is 339 g/mol. The Hall–Kier alpha value is -1.36. The van der Waals surface area contributed by atoms with E-state index in [4.69, 9.17) is 4.74 Å². The van der Waals surface area contributed by atoms with Crippen molar-refractivity contribution in [2.45, 2.75) is 45.1 Å². The fourth-order valence-corrected chi connectivity index (χ4v) is 2.72. The zero-order valence-corrected chi connectivity index (χ0v) is 13.1. The van der Waals surface area contributed by atoms with Gasteiger partial charge < -0.3 is 4.74 Å². The van der Waals surface area contributed by atoms with E-state index in [9.17, 15) is 10.1 Å². The van der Waals surface area contributed by atoms with Gasteiger partial charge in [-0.3, -0.25) is 10.1 Å². The van der Waals surface area contributed by atoms with Crippen molar-refractivity contribution in [2.24, 2.45) is 0 Å². The van der Waals surface area contributed by atoms with E-state index >= 15 is 0 Å². The highest BCUT2D eigenvalue weighted by molar-refractivity contribution is 9.10. The summed E-state index contributed by atoms with van der Waals surface area (Å²) in [4.78, 5) is 10.9. The van der Waals surface area contributed by atoms with Crippen molar-refractivity contribution in [1.29, 1.82) is 0 Å². The number of fused-ring (bicyclic) bond motifs is 1. The van der Waals surface area contributed by atoms with Crippen LogP contribution in [0.1, 0.15) is 44.6 Å². The van der Waals surface area contributed by atoms with Crippen molar-refractivity contribution in [2.75, 3.05) is 0 Å². The van der Waals surface area contributed by atoms with Crippen molar-refractivity contribution < 1.29 is 9.66 Å². The first-order valence-electron chi connectivity index (χ1n) is 6.94. The van der Waals surface area contributed by atoms with Gasteiger partial charge in [-0.1, -0.05) is 42.1 Å². The summed E-state index contributed by atoms with van der Waals surface area (Å²) in [6, 6.07) is 5.58. The van der Waals surface area contributed by atoms with Crippen LogP contribution in [0.25, 0.3) is 6.08 Å². The number of rotatable bonds is 6. The van der Waals surface area contributed by atoms with E-state index in [-0.39, 0.29) is 10.6 Å². The molecule has 0 radical (unpaired) electrons. The van der Waals surface area contributed by atoms with Crippen LogP contribution in [0.2, 0.25) is 0 Å². The Labute approximate surface area is 127 Å². The lowest BCUT2D eigenvalue weighted by atomic mass is 10.0. The summed E-state index contributed by atoms with van der Waals surface area (Å²) in [5.41, 5.74) is 0.919. The smallest absolute Gasteiger partial charge is 0.287 e. The number of hydrogen-bond acceptors (Lipinski definition) is 3. The van der Waals surface area contributed by atoms with Crippen molar-refractivity contribution in [3.8, 4) is 5.75 Å². The maximum Gasteiger partial charge on any atom is 0.287 e. The number of benzene rings is 1. The number of hydrogen-bond donors (Lipinski definition) is 0. The van der Waals surface area contributed by atoms with Gasteiger partial charge in [0.25, 0.3) is 5.70 Å². The summed E-state index contributed by atoms with van der Waals surface area (Å²) >= 11 is 3.37. The van der Waals surface area contributed by atoms with Gasteiger partial charge in [-0.05, 0) is 31.0 Å². The molecule has 1 aromatic rings. The molecule has 0 saturated carbocycles. The molecule has 20 heavy (non-hydrogen) atoms. The molecule has 0 saturated heterocycles. The fourth-order valence-electron chi connectivity index (χ4n) is 2.34. The van der Waals surface area contributed by atoms with Crippen molar-refractivity contribution in [3.05, 3.63) is 44.0 Å². The topological polar surface area (TPSA) is 52.4 Å². The van der Waals surface area contributed by atoms with Gasteiger partial charge in [0, 0.05) is 16.1 Å². The second-order valence-corrected chi connectivity index (χ2v) is 5.88. The summed E-state index contributed by atoms with van der Waals surface area (Å²) < 4.78 is 6.70. The quantitative estimate of drug-likeness (QED) is 0.425. The summed E-state index contributed by atoms with van der Waals surface area (Å²) in [7, 11) is 0. The second-order valence-electron chi connectivity index (χ2n) is 4.96. The second kappa shape index (κ2) is 6.88. The van der Waals surface area contributed by atoms with Gasteiger partial charge in [0.05, 0.1) is 4.92 Å². The molecular weight excluding hydrogens is 322 g/mol. The average molecular weight is 340 g/mol. The summed E-state index contributed by atoms with van der Waals surface area (Å²) in [5.74, 6) is 0.722. The van der Waals surface area contributed by atoms with Gasteiger partial charge in [0.2, 0.25) is 0 Å². The zero-order valence-electron chi connectivity index (χ0n) is 11.5. The molecule has 4 nitrogen and oxygen atoms in total. The van der Waals surface area contributed by atoms with Crippen LogP contribution in [0.15, 0.2) is 28.4 Å². The lowest BCUT2D eigenvalue weighted by Crippen LogP contribution is -2.27.